The summed E-state index contributed by atoms with van der Waals surface area (Å²) in [6, 6.07) is 5.96. The summed E-state index contributed by atoms with van der Waals surface area (Å²) < 4.78 is 7.19. The van der Waals surface area contributed by atoms with E-state index in [4.69, 9.17) is 4.74 Å². The van der Waals surface area contributed by atoms with Gasteiger partial charge in [0, 0.05) is 5.39 Å². The number of hydrogen-bond acceptors (Lipinski definition) is 3. The molecular weight excluding hydrogens is 240 g/mol. The predicted molar refractivity (Wildman–Crippen MR) is 60.7 cm³/mol. The molecule has 2 heterocycles. The molecule has 0 radical (unpaired) electrons. The van der Waals surface area contributed by atoms with Crippen LogP contribution in [-0.4, -0.2) is 31.3 Å². The van der Waals surface area contributed by atoms with Crippen LogP contribution in [-0.2, 0) is 0 Å². The zero-order valence-corrected chi connectivity index (χ0v) is 10.2. The van der Waals surface area contributed by atoms with Crippen molar-refractivity contribution >= 4 is 16.9 Å². The van der Waals surface area contributed by atoms with Gasteiger partial charge in [-0.1, -0.05) is 6.07 Å². The molecule has 2 N–H and O–H groups in total. The minimum Gasteiger partial charge on any atom is -1.00 e. The lowest BCUT2D eigenvalue weighted by Crippen LogP contribution is -3.00. The molecule has 1 aliphatic heterocycles. The molecule has 0 spiro atoms. The first-order chi connectivity index (χ1) is 7.88. The summed E-state index contributed by atoms with van der Waals surface area (Å²) >= 11 is 0. The Kier molecular flexibility index (Phi) is 3.19. The zero-order valence-electron chi connectivity index (χ0n) is 9.40. The Morgan fingerprint density at radius 3 is 3.00 bits per heavy atom. The van der Waals surface area contributed by atoms with Gasteiger partial charge >= 0.3 is 5.96 Å². The topological polar surface area (TPSA) is 53.3 Å². The summed E-state index contributed by atoms with van der Waals surface area (Å²) in [4.78, 5) is 4.35. The van der Waals surface area contributed by atoms with Crippen molar-refractivity contribution in [2.75, 3.05) is 20.2 Å². The Hall–Kier alpha value is -1.75. The maximum atomic E-state index is 5.30. The number of nitrogens with one attached hydrogen (secondary N) is 2. The van der Waals surface area contributed by atoms with Gasteiger partial charge in [0.25, 0.3) is 0 Å². The molecular formula is C11H13ClN4O. The maximum absolute atomic E-state index is 5.30. The van der Waals surface area contributed by atoms with E-state index in [0.717, 1.165) is 35.7 Å². The minimum atomic E-state index is 0. The molecule has 0 atom stereocenters. The van der Waals surface area contributed by atoms with Crippen molar-refractivity contribution in [1.29, 1.82) is 0 Å². The van der Waals surface area contributed by atoms with Gasteiger partial charge in [-0.25, -0.2) is 5.10 Å². The first-order valence-electron chi connectivity index (χ1n) is 5.24. The Morgan fingerprint density at radius 1 is 1.41 bits per heavy atom. The second-order valence-electron chi connectivity index (χ2n) is 3.67. The van der Waals surface area contributed by atoms with E-state index in [1.54, 1.807) is 7.11 Å². The van der Waals surface area contributed by atoms with Gasteiger partial charge < -0.3 is 17.1 Å². The molecule has 17 heavy (non-hydrogen) atoms. The number of aromatic nitrogens is 2. The number of nitrogens with zero attached hydrogens (tertiary/aromatic N) is 2. The highest BCUT2D eigenvalue weighted by atomic mass is 35.5. The Labute approximate surface area is 105 Å². The molecule has 1 aromatic heterocycles. The Bertz CT molecular complexity index is 564. The molecule has 1 aromatic carbocycles. The fourth-order valence-electron chi connectivity index (χ4n) is 1.90. The van der Waals surface area contributed by atoms with E-state index in [1.807, 2.05) is 29.1 Å². The second kappa shape index (κ2) is 4.63. The third-order valence-corrected chi connectivity index (χ3v) is 2.66. The predicted octanol–water partition coefficient (Wildman–Crippen LogP) is -2.72. The Morgan fingerprint density at radius 2 is 2.29 bits per heavy atom. The molecule has 3 rings (SSSR count). The SMILES string of the molecule is COc1cccc2c[n+](C3=NCCN3)[nH]c12.[Cl-]. The zero-order chi connectivity index (χ0) is 11.0. The van der Waals surface area contributed by atoms with E-state index >= 15 is 0 Å². The number of fused-ring (bicyclic) bond motifs is 1. The summed E-state index contributed by atoms with van der Waals surface area (Å²) in [7, 11) is 1.67. The van der Waals surface area contributed by atoms with Crippen LogP contribution >= 0.6 is 0 Å². The lowest BCUT2D eigenvalue weighted by atomic mass is 10.2. The standard InChI is InChI=1S/C11H12N4O.ClH/c1-16-9-4-2-3-8-7-15(14-10(8)9)11-12-5-6-13-11;/h2-4,7H,5-6H2,1H3,(H,12,13);1H. The number of methoxy groups -OCH3 is 1. The van der Waals surface area contributed by atoms with Gasteiger partial charge in [0.05, 0.1) is 13.7 Å². The largest absolute Gasteiger partial charge is 1.00 e. The average Bonchev–Trinajstić information content (AvgIpc) is 2.96. The van der Waals surface area contributed by atoms with Gasteiger partial charge in [0.2, 0.25) is 0 Å². The van der Waals surface area contributed by atoms with Crippen molar-refractivity contribution in [3.63, 3.8) is 0 Å². The van der Waals surface area contributed by atoms with E-state index in [2.05, 4.69) is 15.4 Å². The fourth-order valence-corrected chi connectivity index (χ4v) is 1.90. The number of para-hydroxylation sites is 1. The van der Waals surface area contributed by atoms with Crippen LogP contribution in [0.15, 0.2) is 29.4 Å². The minimum absolute atomic E-state index is 0. The lowest BCUT2D eigenvalue weighted by Gasteiger charge is -1.98. The molecule has 2 aromatic rings. The quantitative estimate of drug-likeness (QED) is 0.542. The van der Waals surface area contributed by atoms with E-state index in [0.29, 0.717) is 0 Å². The Balaban J connectivity index is 0.00000108. The number of ether oxygens (including phenoxy) is 1. The van der Waals surface area contributed by atoms with E-state index in [-0.39, 0.29) is 12.4 Å². The lowest BCUT2D eigenvalue weighted by molar-refractivity contribution is -0.618. The number of aliphatic imine (C=N–C) groups is 1. The second-order valence-corrected chi connectivity index (χ2v) is 3.67. The molecule has 5 nitrogen and oxygen atoms in total. The fraction of sp³-hybridized carbons (Fsp3) is 0.273. The van der Waals surface area contributed by atoms with Crippen LogP contribution in [0.25, 0.3) is 10.9 Å². The summed E-state index contributed by atoms with van der Waals surface area (Å²) in [5.74, 6) is 1.70. The molecule has 0 amide bonds. The van der Waals surface area contributed by atoms with Crippen LogP contribution < -0.4 is 27.1 Å². The van der Waals surface area contributed by atoms with Crippen molar-refractivity contribution in [2.24, 2.45) is 4.99 Å². The molecule has 0 fully saturated rings. The molecule has 0 aliphatic carbocycles. The van der Waals surface area contributed by atoms with Gasteiger partial charge in [-0.3, -0.25) is 5.32 Å². The molecule has 0 saturated carbocycles. The van der Waals surface area contributed by atoms with Gasteiger partial charge in [-0.2, -0.15) is 0 Å². The summed E-state index contributed by atoms with van der Waals surface area (Å²) in [6.07, 6.45) is 2.01. The number of H-pyrrole nitrogens is 1. The van der Waals surface area contributed by atoms with E-state index in [1.165, 1.54) is 0 Å². The molecule has 6 heteroatoms. The molecule has 0 unspecified atom stereocenters. The third-order valence-electron chi connectivity index (χ3n) is 2.66. The van der Waals surface area contributed by atoms with Gasteiger partial charge in [0.15, 0.2) is 0 Å². The smallest absolute Gasteiger partial charge is 0.408 e. The van der Waals surface area contributed by atoms with Gasteiger partial charge in [0.1, 0.15) is 24.0 Å². The normalized spacial score (nSPS) is 14.1. The van der Waals surface area contributed by atoms with Crippen molar-refractivity contribution in [2.45, 2.75) is 0 Å². The van der Waals surface area contributed by atoms with Crippen molar-refractivity contribution in [1.82, 2.24) is 10.4 Å². The molecule has 0 bridgehead atoms. The maximum Gasteiger partial charge on any atom is 0.408 e. The first kappa shape index (κ1) is 11.7. The van der Waals surface area contributed by atoms with Gasteiger partial charge in [-0.05, 0) is 12.1 Å². The molecule has 90 valence electrons. The van der Waals surface area contributed by atoms with E-state index in [9.17, 15) is 0 Å². The summed E-state index contributed by atoms with van der Waals surface area (Å²) in [5, 5.41) is 7.57. The first-order valence-corrected chi connectivity index (χ1v) is 5.24. The number of rotatable bonds is 1. The number of aromatic amines is 1. The monoisotopic (exact) mass is 252 g/mol. The highest BCUT2D eigenvalue weighted by Gasteiger charge is 2.19. The van der Waals surface area contributed by atoms with E-state index < -0.39 is 0 Å². The van der Waals surface area contributed by atoms with Crippen molar-refractivity contribution in [3.05, 3.63) is 24.4 Å². The van der Waals surface area contributed by atoms with Crippen LogP contribution in [0.2, 0.25) is 0 Å². The highest BCUT2D eigenvalue weighted by molar-refractivity contribution is 5.84. The van der Waals surface area contributed by atoms with Crippen LogP contribution in [0.1, 0.15) is 0 Å². The van der Waals surface area contributed by atoms with Crippen molar-refractivity contribution < 1.29 is 21.8 Å². The molecule has 0 saturated heterocycles. The number of halogens is 1. The van der Waals surface area contributed by atoms with Crippen molar-refractivity contribution in [3.8, 4) is 5.75 Å². The number of hydrogen-bond donors (Lipinski definition) is 2. The third kappa shape index (κ3) is 1.93. The van der Waals surface area contributed by atoms with Crippen LogP contribution in [0.3, 0.4) is 0 Å². The van der Waals surface area contributed by atoms with Gasteiger partial charge in [-0.15, -0.1) is 9.67 Å². The summed E-state index contributed by atoms with van der Waals surface area (Å²) in [5.41, 5.74) is 0.987. The van der Waals surface area contributed by atoms with Crippen LogP contribution in [0, 0.1) is 0 Å². The van der Waals surface area contributed by atoms with Crippen LogP contribution in [0.5, 0.6) is 5.75 Å². The highest BCUT2D eigenvalue weighted by Crippen LogP contribution is 2.21. The number of benzene rings is 1. The van der Waals surface area contributed by atoms with Crippen LogP contribution in [0.4, 0.5) is 0 Å². The average molecular weight is 253 g/mol. The summed E-state index contributed by atoms with van der Waals surface area (Å²) in [6.45, 7) is 1.73. The molecule has 1 aliphatic rings.